The van der Waals surface area contributed by atoms with Crippen molar-refractivity contribution < 1.29 is 9.53 Å². The Hall–Kier alpha value is -2.24. The number of ether oxygens (including phenoxy) is 1. The molecule has 2 aromatic rings. The molecule has 2 fully saturated rings. The van der Waals surface area contributed by atoms with Gasteiger partial charge in [-0.25, -0.2) is 9.78 Å². The van der Waals surface area contributed by atoms with Gasteiger partial charge in [0, 0.05) is 25.2 Å². The molecule has 6 heteroatoms. The minimum absolute atomic E-state index is 0.114. The first kappa shape index (κ1) is 17.2. The Kier molecular flexibility index (Phi) is 5.00. The number of aromatic nitrogens is 2. The van der Waals surface area contributed by atoms with Gasteiger partial charge in [-0.2, -0.15) is 0 Å². The monoisotopic (exact) mass is 356 g/mol. The van der Waals surface area contributed by atoms with Crippen LogP contribution in [-0.2, 0) is 0 Å². The van der Waals surface area contributed by atoms with Crippen molar-refractivity contribution in [1.82, 2.24) is 19.8 Å². The van der Waals surface area contributed by atoms with Gasteiger partial charge < -0.3 is 19.5 Å². The summed E-state index contributed by atoms with van der Waals surface area (Å²) < 4.78 is 7.75. The molecule has 2 amide bonds. The van der Waals surface area contributed by atoms with Crippen molar-refractivity contribution >= 4 is 17.1 Å². The standard InChI is InChI=1S/C20H28N4O2/c1-26-18-9-5-8-17-19(18)24(14-21-17)16-10-12-23(13-11-16)20(25)22-15-6-3-2-4-7-15/h5,8-9,14-16H,2-4,6-7,10-13H2,1H3,(H,22,25). The van der Waals surface area contributed by atoms with Crippen LogP contribution < -0.4 is 10.1 Å². The number of methoxy groups -OCH3 is 1. The number of para-hydroxylation sites is 1. The van der Waals surface area contributed by atoms with Crippen LogP contribution in [0.5, 0.6) is 5.75 Å². The first-order valence-electron chi connectivity index (χ1n) is 9.81. The van der Waals surface area contributed by atoms with Crippen LogP contribution in [0, 0.1) is 0 Å². The lowest BCUT2D eigenvalue weighted by Gasteiger charge is -2.34. The van der Waals surface area contributed by atoms with E-state index in [0.717, 1.165) is 55.6 Å². The van der Waals surface area contributed by atoms with E-state index in [1.54, 1.807) is 7.11 Å². The largest absolute Gasteiger partial charge is 0.494 e. The molecule has 1 saturated heterocycles. The van der Waals surface area contributed by atoms with Crippen molar-refractivity contribution in [2.75, 3.05) is 20.2 Å². The quantitative estimate of drug-likeness (QED) is 0.912. The van der Waals surface area contributed by atoms with Gasteiger partial charge in [-0.15, -0.1) is 0 Å². The SMILES string of the molecule is COc1cccc2ncn(C3CCN(C(=O)NC4CCCCC4)CC3)c12. The van der Waals surface area contributed by atoms with E-state index in [4.69, 9.17) is 4.74 Å². The van der Waals surface area contributed by atoms with E-state index in [1.807, 2.05) is 29.4 Å². The Balaban J connectivity index is 1.40. The summed E-state index contributed by atoms with van der Waals surface area (Å²) in [6, 6.07) is 6.81. The summed E-state index contributed by atoms with van der Waals surface area (Å²) in [5, 5.41) is 3.23. The average molecular weight is 356 g/mol. The molecular weight excluding hydrogens is 328 g/mol. The third-order valence-corrected chi connectivity index (χ3v) is 5.85. The third-order valence-electron chi connectivity index (χ3n) is 5.85. The van der Waals surface area contributed by atoms with Crippen molar-refractivity contribution in [3.05, 3.63) is 24.5 Å². The van der Waals surface area contributed by atoms with Gasteiger partial charge in [0.05, 0.1) is 19.0 Å². The number of benzene rings is 1. The number of rotatable bonds is 3. The average Bonchev–Trinajstić information content (AvgIpc) is 3.13. The number of hydrogen-bond acceptors (Lipinski definition) is 3. The van der Waals surface area contributed by atoms with E-state index in [0.29, 0.717) is 12.1 Å². The van der Waals surface area contributed by atoms with Gasteiger partial charge in [-0.3, -0.25) is 0 Å². The Morgan fingerprint density at radius 2 is 1.92 bits per heavy atom. The first-order valence-corrected chi connectivity index (χ1v) is 9.81. The minimum atomic E-state index is 0.114. The summed E-state index contributed by atoms with van der Waals surface area (Å²) in [5.41, 5.74) is 2.02. The highest BCUT2D eigenvalue weighted by atomic mass is 16.5. The normalized spacial score (nSPS) is 19.7. The first-order chi connectivity index (χ1) is 12.8. The maximum Gasteiger partial charge on any atom is 0.317 e. The number of imidazole rings is 1. The van der Waals surface area contributed by atoms with Crippen molar-refractivity contribution in [2.24, 2.45) is 0 Å². The number of piperidine rings is 1. The Labute approximate surface area is 154 Å². The number of carbonyl (C=O) groups excluding carboxylic acids is 1. The summed E-state index contributed by atoms with van der Waals surface area (Å²) in [6.45, 7) is 1.58. The summed E-state index contributed by atoms with van der Waals surface area (Å²) in [4.78, 5) is 19.0. The zero-order chi connectivity index (χ0) is 17.9. The van der Waals surface area contributed by atoms with Gasteiger partial charge >= 0.3 is 6.03 Å². The predicted molar refractivity (Wildman–Crippen MR) is 102 cm³/mol. The molecule has 0 atom stereocenters. The molecule has 1 saturated carbocycles. The highest BCUT2D eigenvalue weighted by molar-refractivity contribution is 5.82. The fraction of sp³-hybridized carbons (Fsp3) is 0.600. The van der Waals surface area contributed by atoms with Crippen LogP contribution in [0.2, 0.25) is 0 Å². The van der Waals surface area contributed by atoms with Crippen LogP contribution in [0.1, 0.15) is 51.0 Å². The molecule has 0 radical (unpaired) electrons. The van der Waals surface area contributed by atoms with Gasteiger partial charge in [-0.05, 0) is 37.8 Å². The Morgan fingerprint density at radius 1 is 1.15 bits per heavy atom. The van der Waals surface area contributed by atoms with Crippen LogP contribution in [0.15, 0.2) is 24.5 Å². The maximum atomic E-state index is 12.5. The van der Waals surface area contributed by atoms with Crippen LogP contribution in [-0.4, -0.2) is 46.7 Å². The van der Waals surface area contributed by atoms with E-state index in [1.165, 1.54) is 19.3 Å². The highest BCUT2D eigenvalue weighted by Crippen LogP contribution is 2.31. The lowest BCUT2D eigenvalue weighted by Crippen LogP contribution is -2.48. The molecule has 1 aliphatic carbocycles. The van der Waals surface area contributed by atoms with E-state index < -0.39 is 0 Å². The molecule has 1 aromatic carbocycles. The fourth-order valence-corrected chi connectivity index (χ4v) is 4.36. The molecule has 1 N–H and O–H groups in total. The number of hydrogen-bond donors (Lipinski definition) is 1. The van der Waals surface area contributed by atoms with Crippen molar-refractivity contribution in [2.45, 2.75) is 57.0 Å². The van der Waals surface area contributed by atoms with E-state index >= 15 is 0 Å². The van der Waals surface area contributed by atoms with Gasteiger partial charge in [0.15, 0.2) is 0 Å². The van der Waals surface area contributed by atoms with Crippen LogP contribution in [0.4, 0.5) is 4.79 Å². The zero-order valence-electron chi connectivity index (χ0n) is 15.5. The van der Waals surface area contributed by atoms with E-state index in [9.17, 15) is 4.79 Å². The van der Waals surface area contributed by atoms with E-state index in [-0.39, 0.29) is 6.03 Å². The van der Waals surface area contributed by atoms with Crippen LogP contribution in [0.3, 0.4) is 0 Å². The van der Waals surface area contributed by atoms with Crippen molar-refractivity contribution in [3.8, 4) is 5.75 Å². The molecule has 2 heterocycles. The lowest BCUT2D eigenvalue weighted by atomic mass is 9.95. The molecule has 0 bridgehead atoms. The summed E-state index contributed by atoms with van der Waals surface area (Å²) >= 11 is 0. The number of likely N-dealkylation sites (tertiary alicyclic amines) is 1. The smallest absolute Gasteiger partial charge is 0.317 e. The molecule has 140 valence electrons. The van der Waals surface area contributed by atoms with Gasteiger partial charge in [0.25, 0.3) is 0 Å². The molecule has 0 unspecified atom stereocenters. The number of fused-ring (bicyclic) bond motifs is 1. The Bertz CT molecular complexity index is 758. The molecule has 1 aliphatic heterocycles. The second kappa shape index (κ2) is 7.56. The maximum absolute atomic E-state index is 12.5. The highest BCUT2D eigenvalue weighted by Gasteiger charge is 2.27. The van der Waals surface area contributed by atoms with Crippen molar-refractivity contribution in [1.29, 1.82) is 0 Å². The summed E-state index contributed by atoms with van der Waals surface area (Å²) in [5.74, 6) is 0.859. The second-order valence-corrected chi connectivity index (χ2v) is 7.48. The second-order valence-electron chi connectivity index (χ2n) is 7.48. The molecule has 1 aromatic heterocycles. The summed E-state index contributed by atoms with van der Waals surface area (Å²) in [6.07, 6.45) is 9.84. The van der Waals surface area contributed by atoms with Gasteiger partial charge in [0.1, 0.15) is 11.3 Å². The molecule has 4 rings (SSSR count). The molecule has 26 heavy (non-hydrogen) atoms. The topological polar surface area (TPSA) is 59.4 Å². The Morgan fingerprint density at radius 3 is 2.65 bits per heavy atom. The fourth-order valence-electron chi connectivity index (χ4n) is 4.36. The lowest BCUT2D eigenvalue weighted by molar-refractivity contribution is 0.166. The minimum Gasteiger partial charge on any atom is -0.494 e. The van der Waals surface area contributed by atoms with E-state index in [2.05, 4.69) is 14.9 Å². The summed E-state index contributed by atoms with van der Waals surface area (Å²) in [7, 11) is 1.70. The van der Waals surface area contributed by atoms with Crippen molar-refractivity contribution in [3.63, 3.8) is 0 Å². The predicted octanol–water partition coefficient (Wildman–Crippen LogP) is 3.72. The molecule has 2 aliphatic rings. The molecular formula is C20H28N4O2. The van der Waals surface area contributed by atoms with Crippen LogP contribution >= 0.6 is 0 Å². The zero-order valence-corrected chi connectivity index (χ0v) is 15.5. The molecule has 0 spiro atoms. The number of carbonyl (C=O) groups is 1. The number of amides is 2. The number of urea groups is 1. The molecule has 6 nitrogen and oxygen atoms in total. The van der Waals surface area contributed by atoms with Gasteiger partial charge in [0.2, 0.25) is 0 Å². The number of nitrogens with one attached hydrogen (secondary N) is 1. The van der Waals surface area contributed by atoms with Gasteiger partial charge in [-0.1, -0.05) is 25.3 Å². The number of nitrogens with zero attached hydrogens (tertiary/aromatic N) is 3. The van der Waals surface area contributed by atoms with Crippen LogP contribution in [0.25, 0.3) is 11.0 Å². The third kappa shape index (κ3) is 3.37.